The number of rotatable bonds is 9. The van der Waals surface area contributed by atoms with Gasteiger partial charge in [0.15, 0.2) is 0 Å². The van der Waals surface area contributed by atoms with Crippen LogP contribution in [0.4, 0.5) is 4.39 Å². The van der Waals surface area contributed by atoms with Crippen LogP contribution in [0.3, 0.4) is 0 Å². The van der Waals surface area contributed by atoms with Crippen LogP contribution in [0.25, 0.3) is 27.0 Å². The van der Waals surface area contributed by atoms with E-state index in [1.54, 1.807) is 48.9 Å². The molecular weight excluding hydrogens is 517 g/mol. The van der Waals surface area contributed by atoms with E-state index in [1.807, 2.05) is 12.3 Å². The number of aliphatic imine (C=N–C) groups is 1. The number of halogens is 1. The van der Waals surface area contributed by atoms with E-state index >= 15 is 0 Å². The standard InChI is InChI=1S/C29H28FN5OS2/c1-34(13-14-35-12-11-22(17-35)36-2)38-27-10-9-26(37-27)29-23-15-20(5-8-25(23)32-18-33-29)24-16-31-28(24)19-3-6-21(30)7-4-19/h3-10,15-16,18,22H,11-14,17H2,1-2H3. The summed E-state index contributed by atoms with van der Waals surface area (Å²) in [6.45, 7) is 4.16. The second kappa shape index (κ2) is 11.0. The third-order valence-electron chi connectivity index (χ3n) is 7.00. The van der Waals surface area contributed by atoms with Crippen LogP contribution in [0, 0.1) is 5.82 Å². The molecule has 4 heterocycles. The highest BCUT2D eigenvalue weighted by molar-refractivity contribution is 7.99. The molecule has 0 radical (unpaired) electrons. The smallest absolute Gasteiger partial charge is 0.123 e. The van der Waals surface area contributed by atoms with Crippen LogP contribution in [0.2, 0.25) is 0 Å². The lowest BCUT2D eigenvalue weighted by molar-refractivity contribution is 0.108. The summed E-state index contributed by atoms with van der Waals surface area (Å²) in [6, 6.07) is 17.0. The number of allylic oxidation sites excluding steroid dienone is 1. The predicted molar refractivity (Wildman–Crippen MR) is 154 cm³/mol. The summed E-state index contributed by atoms with van der Waals surface area (Å²) in [5.41, 5.74) is 5.68. The lowest BCUT2D eigenvalue weighted by atomic mass is 9.92. The third-order valence-corrected chi connectivity index (χ3v) is 9.17. The van der Waals surface area contributed by atoms with Crippen molar-refractivity contribution >= 4 is 45.5 Å². The molecule has 0 aliphatic carbocycles. The Kier molecular flexibility index (Phi) is 7.36. The Morgan fingerprint density at radius 3 is 2.71 bits per heavy atom. The molecular formula is C29H28FN5OS2. The highest BCUT2D eigenvalue weighted by Gasteiger charge is 2.22. The molecule has 0 N–H and O–H groups in total. The molecule has 1 fully saturated rings. The van der Waals surface area contributed by atoms with Gasteiger partial charge in [-0.25, -0.2) is 18.7 Å². The monoisotopic (exact) mass is 545 g/mol. The molecule has 1 atom stereocenters. The van der Waals surface area contributed by atoms with E-state index in [0.29, 0.717) is 6.10 Å². The maximum Gasteiger partial charge on any atom is 0.123 e. The minimum absolute atomic E-state index is 0.252. The Morgan fingerprint density at radius 2 is 1.95 bits per heavy atom. The molecule has 2 aromatic heterocycles. The minimum Gasteiger partial charge on any atom is -0.380 e. The van der Waals surface area contributed by atoms with Crippen LogP contribution >= 0.6 is 23.3 Å². The van der Waals surface area contributed by atoms with E-state index in [4.69, 9.17) is 4.74 Å². The molecule has 2 aromatic carbocycles. The van der Waals surface area contributed by atoms with Crippen molar-refractivity contribution in [3.63, 3.8) is 0 Å². The fourth-order valence-electron chi connectivity index (χ4n) is 4.83. The molecule has 2 aliphatic rings. The van der Waals surface area contributed by atoms with E-state index in [-0.39, 0.29) is 5.82 Å². The second-order valence-corrected chi connectivity index (χ2v) is 12.1. The first-order valence-electron chi connectivity index (χ1n) is 12.6. The fraction of sp³-hybridized carbons (Fsp3) is 0.276. The highest BCUT2D eigenvalue weighted by atomic mass is 32.2. The Labute approximate surface area is 230 Å². The largest absolute Gasteiger partial charge is 0.380 e. The van der Waals surface area contributed by atoms with Gasteiger partial charge in [-0.15, -0.1) is 11.3 Å². The minimum atomic E-state index is -0.252. The molecule has 0 amide bonds. The molecule has 4 aromatic rings. The van der Waals surface area contributed by atoms with Gasteiger partial charge in [0.2, 0.25) is 0 Å². The van der Waals surface area contributed by atoms with Gasteiger partial charge in [0.05, 0.1) is 32.1 Å². The van der Waals surface area contributed by atoms with Crippen LogP contribution in [0.1, 0.15) is 17.5 Å². The van der Waals surface area contributed by atoms with Crippen molar-refractivity contribution in [1.29, 1.82) is 0 Å². The van der Waals surface area contributed by atoms with Gasteiger partial charge >= 0.3 is 0 Å². The van der Waals surface area contributed by atoms with Crippen molar-refractivity contribution in [2.24, 2.45) is 4.99 Å². The van der Waals surface area contributed by atoms with Gasteiger partial charge in [-0.1, -0.05) is 6.07 Å². The van der Waals surface area contributed by atoms with E-state index in [0.717, 1.165) is 76.5 Å². The second-order valence-electron chi connectivity index (χ2n) is 9.49. The van der Waals surface area contributed by atoms with Crippen LogP contribution in [-0.2, 0) is 4.74 Å². The number of methoxy groups -OCH3 is 1. The van der Waals surface area contributed by atoms with E-state index in [1.165, 1.54) is 16.3 Å². The summed E-state index contributed by atoms with van der Waals surface area (Å²) < 4.78 is 22.4. The molecule has 194 valence electrons. The van der Waals surface area contributed by atoms with Crippen molar-refractivity contribution in [3.8, 4) is 10.6 Å². The molecule has 6 rings (SSSR count). The van der Waals surface area contributed by atoms with Gasteiger partial charge < -0.3 is 4.74 Å². The zero-order valence-electron chi connectivity index (χ0n) is 21.3. The third kappa shape index (κ3) is 5.30. The van der Waals surface area contributed by atoms with Crippen LogP contribution < -0.4 is 0 Å². The van der Waals surface area contributed by atoms with E-state index < -0.39 is 0 Å². The summed E-state index contributed by atoms with van der Waals surface area (Å²) in [6.07, 6.45) is 4.98. The lowest BCUT2D eigenvalue weighted by Gasteiger charge is -2.20. The number of aromatic nitrogens is 2. The number of ether oxygens (including phenoxy) is 1. The fourth-order valence-corrected chi connectivity index (χ4v) is 6.99. The maximum absolute atomic E-state index is 13.4. The molecule has 1 unspecified atom stereocenters. The number of benzene rings is 2. The van der Waals surface area contributed by atoms with Gasteiger partial charge in [-0.3, -0.25) is 9.89 Å². The normalized spacial score (nSPS) is 17.6. The summed E-state index contributed by atoms with van der Waals surface area (Å²) in [5, 5.41) is 1.00. The SMILES string of the molecule is COC1CCN(CCN(C)Sc2ccc(-c3ncnc4ccc(C5=CN=C5c5ccc(F)cc5)cc34)s2)C1. The van der Waals surface area contributed by atoms with Crippen LogP contribution in [0.15, 0.2) is 76.3 Å². The van der Waals surface area contributed by atoms with Crippen molar-refractivity contribution < 1.29 is 9.13 Å². The van der Waals surface area contributed by atoms with Gasteiger partial charge in [0.1, 0.15) is 12.1 Å². The Balaban J connectivity index is 1.17. The average molecular weight is 546 g/mol. The van der Waals surface area contributed by atoms with Gasteiger partial charge in [-0.2, -0.15) is 0 Å². The van der Waals surface area contributed by atoms with E-state index in [9.17, 15) is 4.39 Å². The number of thiophene rings is 1. The number of hydrogen-bond acceptors (Lipinski definition) is 8. The molecule has 6 nitrogen and oxygen atoms in total. The van der Waals surface area contributed by atoms with Crippen molar-refractivity contribution in [2.75, 3.05) is 40.3 Å². The first kappa shape index (κ1) is 25.3. The molecule has 0 saturated carbocycles. The first-order chi connectivity index (χ1) is 18.6. The molecule has 0 spiro atoms. The highest BCUT2D eigenvalue weighted by Crippen LogP contribution is 2.38. The number of nitrogens with zero attached hydrogens (tertiary/aromatic N) is 5. The molecule has 0 bridgehead atoms. The summed E-state index contributed by atoms with van der Waals surface area (Å²) in [4.78, 5) is 17.2. The average Bonchev–Trinajstić information content (AvgIpc) is 3.57. The predicted octanol–water partition coefficient (Wildman–Crippen LogP) is 6.00. The molecule has 9 heteroatoms. The number of likely N-dealkylation sites (tertiary alicyclic amines) is 1. The maximum atomic E-state index is 13.4. The summed E-state index contributed by atoms with van der Waals surface area (Å²) >= 11 is 3.52. The first-order valence-corrected chi connectivity index (χ1v) is 14.2. The Hall–Kier alpha value is -2.95. The Bertz CT molecular complexity index is 1520. The topological polar surface area (TPSA) is 53.9 Å². The van der Waals surface area contributed by atoms with Crippen LogP contribution in [-0.4, -0.2) is 71.3 Å². The lowest BCUT2D eigenvalue weighted by Crippen LogP contribution is -2.30. The zero-order chi connectivity index (χ0) is 26.1. The van der Waals surface area contributed by atoms with E-state index in [2.05, 4.69) is 55.5 Å². The molecule has 1 saturated heterocycles. The number of fused-ring (bicyclic) bond motifs is 1. The summed E-state index contributed by atoms with van der Waals surface area (Å²) in [5.74, 6) is -0.252. The van der Waals surface area contributed by atoms with Crippen molar-refractivity contribution in [3.05, 3.63) is 84.1 Å². The van der Waals surface area contributed by atoms with Gasteiger partial charge in [-0.05, 0) is 79.5 Å². The molecule has 38 heavy (non-hydrogen) atoms. The van der Waals surface area contributed by atoms with Crippen molar-refractivity contribution in [1.82, 2.24) is 19.2 Å². The van der Waals surface area contributed by atoms with Gasteiger partial charge in [0, 0.05) is 56.0 Å². The summed E-state index contributed by atoms with van der Waals surface area (Å²) in [7, 11) is 3.95. The van der Waals surface area contributed by atoms with Crippen molar-refractivity contribution in [2.45, 2.75) is 16.7 Å². The quantitative estimate of drug-likeness (QED) is 0.241. The van der Waals surface area contributed by atoms with Gasteiger partial charge in [0.25, 0.3) is 0 Å². The Morgan fingerprint density at radius 1 is 1.11 bits per heavy atom. The number of likely N-dealkylation sites (N-methyl/N-ethyl adjacent to an activating group) is 1. The molecule has 2 aliphatic heterocycles. The zero-order valence-corrected chi connectivity index (χ0v) is 22.9. The number of hydrogen-bond donors (Lipinski definition) is 0. The van der Waals surface area contributed by atoms with Crippen LogP contribution in [0.5, 0.6) is 0 Å².